The minimum Gasteiger partial charge on any atom is -0.331 e. The van der Waals surface area contributed by atoms with Gasteiger partial charge in [-0.3, -0.25) is 0 Å². The van der Waals surface area contributed by atoms with E-state index in [0.717, 1.165) is 24.3 Å². The maximum Gasteiger partial charge on any atom is 0.318 e. The van der Waals surface area contributed by atoms with Crippen LogP contribution in [-0.2, 0) is 5.41 Å². The third-order valence-corrected chi connectivity index (χ3v) is 9.07. The molecule has 1 N–H and O–H groups in total. The average molecular weight is 428 g/mol. The fourth-order valence-corrected chi connectivity index (χ4v) is 7.73. The Bertz CT molecular complexity index is 813. The highest BCUT2D eigenvalue weighted by atomic mass is 16.2. The molecule has 0 radical (unpaired) electrons. The molecule has 5 rings (SSSR count). The quantitative estimate of drug-likeness (QED) is 0.642. The first kappa shape index (κ1) is 21.3. The molecule has 1 aromatic rings. The number of rotatable bonds is 4. The molecular weight excluding hydrogens is 382 g/mol. The summed E-state index contributed by atoms with van der Waals surface area (Å²) in [5.41, 5.74) is 3.11. The lowest BCUT2D eigenvalue weighted by molar-refractivity contribution is 0.0809. The van der Waals surface area contributed by atoms with Crippen molar-refractivity contribution in [3.8, 4) is 0 Å². The normalized spacial score (nSPS) is 31.5. The zero-order valence-electron chi connectivity index (χ0n) is 19.9. The van der Waals surface area contributed by atoms with Gasteiger partial charge in [0.05, 0.1) is 6.04 Å². The van der Waals surface area contributed by atoms with Crippen LogP contribution in [0.5, 0.6) is 0 Å². The largest absolute Gasteiger partial charge is 0.331 e. The second kappa shape index (κ2) is 8.10. The van der Waals surface area contributed by atoms with E-state index in [1.54, 1.807) is 0 Å². The molecule has 1 heterocycles. The summed E-state index contributed by atoms with van der Waals surface area (Å²) in [6.45, 7) is 10.9. The number of carbonyl (C=O) groups is 1. The number of hydrogen-bond donors (Lipinski definition) is 1. The van der Waals surface area contributed by atoms with Crippen molar-refractivity contribution in [1.82, 2.24) is 15.1 Å². The van der Waals surface area contributed by atoms with Crippen LogP contribution in [0.3, 0.4) is 0 Å². The number of carbonyl (C=O) groups excluding carboxylic acids is 1. The van der Waals surface area contributed by atoms with E-state index in [9.17, 15) is 4.79 Å². The van der Waals surface area contributed by atoms with E-state index in [4.69, 9.17) is 0 Å². The van der Waals surface area contributed by atoms with Crippen molar-refractivity contribution in [3.05, 3.63) is 35.4 Å². The summed E-state index contributed by atoms with van der Waals surface area (Å²) >= 11 is 0. The molecule has 0 aromatic heterocycles. The third-order valence-electron chi connectivity index (χ3n) is 9.07. The Kier molecular flexibility index (Phi) is 5.57. The predicted octanol–water partition coefficient (Wildman–Crippen LogP) is 5.97. The van der Waals surface area contributed by atoms with Gasteiger partial charge >= 0.3 is 6.03 Å². The highest BCUT2D eigenvalue weighted by Gasteiger charge is 2.49. The summed E-state index contributed by atoms with van der Waals surface area (Å²) in [4.78, 5) is 18.0. The molecule has 4 nitrogen and oxygen atoms in total. The smallest absolute Gasteiger partial charge is 0.318 e. The SMILES string of the molecule is CC(C)N(C(=O)N[C@H]1CC2(CCN(C3CC4CC[C@@H]3C4)CC2)c2ccccc21)C(C)C.[HH].[HH]. The standard InChI is InChI=1S/C27H41N3O.2H2/c1-18(2)30(19(3)4)26(31)28-24-17-27(23-8-6-5-7-22(23)24)11-13-29(14-12-27)25-16-20-9-10-21(25)15-20;;/h5-8,18-21,24-25H,9-17H2,1-4H3,(H,28,31);2*1H/t20?,21-,24+,25?;;/m1../s1. The minimum absolute atomic E-state index is 0. The fourth-order valence-electron chi connectivity index (χ4n) is 7.73. The summed E-state index contributed by atoms with van der Waals surface area (Å²) in [6, 6.07) is 10.4. The monoisotopic (exact) mass is 427 g/mol. The minimum atomic E-state index is 0. The maximum atomic E-state index is 13.2. The van der Waals surface area contributed by atoms with Crippen LogP contribution < -0.4 is 5.32 Å². The van der Waals surface area contributed by atoms with Gasteiger partial charge in [0, 0.05) is 26.4 Å². The van der Waals surface area contributed by atoms with Crippen molar-refractivity contribution >= 4 is 6.03 Å². The van der Waals surface area contributed by atoms with Gasteiger partial charge in [-0.1, -0.05) is 30.7 Å². The number of hydrogen-bond acceptors (Lipinski definition) is 2. The Labute approximate surface area is 191 Å². The highest BCUT2D eigenvalue weighted by molar-refractivity contribution is 5.75. The fraction of sp³-hybridized carbons (Fsp3) is 0.741. The van der Waals surface area contributed by atoms with Gasteiger partial charge in [-0.15, -0.1) is 0 Å². The average Bonchev–Trinajstić information content (AvgIpc) is 3.43. The van der Waals surface area contributed by atoms with Crippen molar-refractivity contribution in [1.29, 1.82) is 0 Å². The molecule has 3 fully saturated rings. The Hall–Kier alpha value is -1.55. The third kappa shape index (κ3) is 3.69. The summed E-state index contributed by atoms with van der Waals surface area (Å²) in [6.07, 6.45) is 9.43. The first-order chi connectivity index (χ1) is 14.9. The molecule has 3 aliphatic carbocycles. The lowest BCUT2D eigenvalue weighted by Gasteiger charge is -2.44. The van der Waals surface area contributed by atoms with Crippen LogP contribution in [0.2, 0.25) is 0 Å². The van der Waals surface area contributed by atoms with Crippen molar-refractivity contribution in [2.24, 2.45) is 11.8 Å². The topological polar surface area (TPSA) is 35.6 Å². The predicted molar refractivity (Wildman–Crippen MR) is 130 cm³/mol. The molecule has 4 heteroatoms. The number of amides is 2. The van der Waals surface area contributed by atoms with E-state index < -0.39 is 0 Å². The van der Waals surface area contributed by atoms with E-state index in [1.807, 2.05) is 4.90 Å². The van der Waals surface area contributed by atoms with Crippen molar-refractivity contribution in [2.45, 2.75) is 102 Å². The zero-order chi connectivity index (χ0) is 21.8. The maximum absolute atomic E-state index is 13.2. The van der Waals surface area contributed by atoms with E-state index in [-0.39, 0.29) is 32.4 Å². The molecule has 2 amide bonds. The lowest BCUT2D eigenvalue weighted by atomic mass is 9.73. The molecule has 4 atom stereocenters. The number of piperidine rings is 1. The van der Waals surface area contributed by atoms with Gasteiger partial charge in [-0.05, 0) is 102 Å². The molecular formula is C27H45N3O. The van der Waals surface area contributed by atoms with Crippen molar-refractivity contribution in [3.63, 3.8) is 0 Å². The zero-order valence-corrected chi connectivity index (χ0v) is 19.9. The first-order valence-corrected chi connectivity index (χ1v) is 12.8. The lowest BCUT2D eigenvalue weighted by Crippen LogP contribution is -2.49. The summed E-state index contributed by atoms with van der Waals surface area (Å²) < 4.78 is 0. The molecule has 1 saturated heterocycles. The molecule has 1 spiro atoms. The van der Waals surface area contributed by atoms with Crippen LogP contribution in [0.4, 0.5) is 4.79 Å². The van der Waals surface area contributed by atoms with Crippen LogP contribution in [0.25, 0.3) is 0 Å². The van der Waals surface area contributed by atoms with Gasteiger partial charge in [0.15, 0.2) is 0 Å². The van der Waals surface area contributed by atoms with Gasteiger partial charge in [-0.25, -0.2) is 4.79 Å². The van der Waals surface area contributed by atoms with Crippen LogP contribution >= 0.6 is 0 Å². The Morgan fingerprint density at radius 2 is 1.81 bits per heavy atom. The molecule has 1 aliphatic heterocycles. The molecule has 2 unspecified atom stereocenters. The number of urea groups is 1. The van der Waals surface area contributed by atoms with E-state index in [0.29, 0.717) is 0 Å². The molecule has 2 bridgehead atoms. The van der Waals surface area contributed by atoms with Gasteiger partial charge in [0.25, 0.3) is 0 Å². The Morgan fingerprint density at radius 3 is 2.42 bits per heavy atom. The molecule has 31 heavy (non-hydrogen) atoms. The molecule has 1 aromatic carbocycles. The van der Waals surface area contributed by atoms with E-state index >= 15 is 0 Å². The van der Waals surface area contributed by atoms with Crippen molar-refractivity contribution < 1.29 is 7.65 Å². The summed E-state index contributed by atoms with van der Waals surface area (Å²) in [7, 11) is 0. The van der Waals surface area contributed by atoms with Gasteiger partial charge in [0.1, 0.15) is 0 Å². The van der Waals surface area contributed by atoms with Gasteiger partial charge in [-0.2, -0.15) is 0 Å². The van der Waals surface area contributed by atoms with Gasteiger partial charge < -0.3 is 15.1 Å². The van der Waals surface area contributed by atoms with Gasteiger partial charge in [0.2, 0.25) is 0 Å². The Balaban J connectivity index is 0.00000153. The van der Waals surface area contributed by atoms with Crippen LogP contribution in [-0.4, -0.2) is 47.0 Å². The van der Waals surface area contributed by atoms with Crippen molar-refractivity contribution in [2.75, 3.05) is 13.1 Å². The summed E-state index contributed by atoms with van der Waals surface area (Å²) in [5, 5.41) is 3.43. The Morgan fingerprint density at radius 1 is 1.10 bits per heavy atom. The van der Waals surface area contributed by atoms with Crippen LogP contribution in [0, 0.1) is 11.8 Å². The molecule has 174 valence electrons. The molecule has 2 saturated carbocycles. The van der Waals surface area contributed by atoms with Crippen LogP contribution in [0.1, 0.15) is 92.7 Å². The second-order valence-electron chi connectivity index (χ2n) is 11.4. The highest BCUT2D eigenvalue weighted by Crippen LogP contribution is 2.53. The number of nitrogens with one attached hydrogen (secondary N) is 1. The number of nitrogens with zero attached hydrogens (tertiary/aromatic N) is 2. The molecule has 4 aliphatic rings. The summed E-state index contributed by atoms with van der Waals surface area (Å²) in [5.74, 6) is 1.99. The number of likely N-dealkylation sites (tertiary alicyclic amines) is 1. The van der Waals surface area contributed by atoms with Crippen LogP contribution in [0.15, 0.2) is 24.3 Å². The van der Waals surface area contributed by atoms with E-state index in [1.165, 1.54) is 62.7 Å². The van der Waals surface area contributed by atoms with E-state index in [2.05, 4.69) is 62.2 Å². The number of fused-ring (bicyclic) bond motifs is 4. The number of benzene rings is 1. The second-order valence-corrected chi connectivity index (χ2v) is 11.4. The first-order valence-electron chi connectivity index (χ1n) is 12.8.